The molecule has 0 atom stereocenters. The van der Waals surface area contributed by atoms with E-state index in [1.807, 2.05) is 0 Å². The van der Waals surface area contributed by atoms with Crippen LogP contribution in [0, 0.1) is 0 Å². The number of hydrogen-bond acceptors (Lipinski definition) is 1. The molecule has 0 radical (unpaired) electrons. The van der Waals surface area contributed by atoms with Gasteiger partial charge in [0, 0.05) is 0 Å². The molecular weight excluding hydrogens is 244 g/mol. The highest BCUT2D eigenvalue weighted by Gasteiger charge is 2.31. The lowest BCUT2D eigenvalue weighted by atomic mass is 9.71. The fourth-order valence-electron chi connectivity index (χ4n) is 3.86. The number of benzene rings is 1. The minimum Gasteiger partial charge on any atom is -0.507 e. The van der Waals surface area contributed by atoms with Gasteiger partial charge in [-0.1, -0.05) is 45.4 Å². The van der Waals surface area contributed by atoms with E-state index in [2.05, 4.69) is 6.92 Å². The van der Waals surface area contributed by atoms with E-state index in [1.165, 1.54) is 86.5 Å². The van der Waals surface area contributed by atoms with Crippen molar-refractivity contribution in [3.8, 4) is 5.75 Å². The molecule has 2 aliphatic carbocycles. The molecular formula is C19H28O. The van der Waals surface area contributed by atoms with E-state index in [0.29, 0.717) is 5.75 Å². The predicted octanol–water partition coefficient (Wildman–Crippen LogP) is 4.88. The number of phenolic OH excluding ortho intramolecular Hbond substituents is 1. The van der Waals surface area contributed by atoms with Crippen molar-refractivity contribution in [1.82, 2.24) is 0 Å². The SMILES string of the molecule is CCCCCCCCCc1c(O)c2c(c3c1CC3)CC2. The van der Waals surface area contributed by atoms with Crippen molar-refractivity contribution in [2.45, 2.75) is 84.0 Å². The van der Waals surface area contributed by atoms with Gasteiger partial charge in [0.1, 0.15) is 5.75 Å². The lowest BCUT2D eigenvalue weighted by molar-refractivity contribution is 0.447. The summed E-state index contributed by atoms with van der Waals surface area (Å²) in [5, 5.41) is 10.4. The van der Waals surface area contributed by atoms with Crippen LogP contribution >= 0.6 is 0 Å². The Balaban J connectivity index is 1.51. The van der Waals surface area contributed by atoms with Crippen LogP contribution < -0.4 is 0 Å². The monoisotopic (exact) mass is 272 g/mol. The van der Waals surface area contributed by atoms with E-state index < -0.39 is 0 Å². The average Bonchev–Trinajstić information content (AvgIpc) is 2.38. The van der Waals surface area contributed by atoms with Gasteiger partial charge in [-0.3, -0.25) is 0 Å². The highest BCUT2D eigenvalue weighted by molar-refractivity contribution is 5.62. The van der Waals surface area contributed by atoms with Crippen LogP contribution in [-0.4, -0.2) is 5.11 Å². The second-order valence-electron chi connectivity index (χ2n) is 6.61. The normalized spacial score (nSPS) is 15.2. The number of unbranched alkanes of at least 4 members (excludes halogenated alkanes) is 6. The summed E-state index contributed by atoms with van der Waals surface area (Å²) < 4.78 is 0. The molecule has 1 aromatic carbocycles. The van der Waals surface area contributed by atoms with Gasteiger partial charge >= 0.3 is 0 Å². The van der Waals surface area contributed by atoms with Gasteiger partial charge < -0.3 is 5.11 Å². The number of hydrogen-bond donors (Lipinski definition) is 1. The molecule has 0 unspecified atom stereocenters. The second-order valence-corrected chi connectivity index (χ2v) is 6.61. The van der Waals surface area contributed by atoms with E-state index in [9.17, 15) is 5.11 Å². The summed E-state index contributed by atoms with van der Waals surface area (Å²) in [6.45, 7) is 2.27. The van der Waals surface area contributed by atoms with Crippen molar-refractivity contribution >= 4 is 0 Å². The van der Waals surface area contributed by atoms with Crippen LogP contribution in [0.2, 0.25) is 0 Å². The third kappa shape index (κ3) is 2.47. The van der Waals surface area contributed by atoms with Crippen LogP contribution in [0.5, 0.6) is 5.75 Å². The molecule has 3 rings (SSSR count). The molecule has 110 valence electrons. The Morgan fingerprint density at radius 1 is 0.700 bits per heavy atom. The van der Waals surface area contributed by atoms with Gasteiger partial charge in [-0.15, -0.1) is 0 Å². The van der Waals surface area contributed by atoms with Crippen LogP contribution in [-0.2, 0) is 32.1 Å². The van der Waals surface area contributed by atoms with E-state index >= 15 is 0 Å². The number of fused-ring (bicyclic) bond motifs is 3. The van der Waals surface area contributed by atoms with Crippen LogP contribution in [0.4, 0.5) is 0 Å². The van der Waals surface area contributed by atoms with E-state index in [1.54, 1.807) is 5.56 Å². The zero-order valence-electron chi connectivity index (χ0n) is 12.9. The molecule has 0 bridgehead atoms. The molecule has 20 heavy (non-hydrogen) atoms. The molecule has 0 saturated carbocycles. The maximum atomic E-state index is 10.4. The van der Waals surface area contributed by atoms with Crippen molar-refractivity contribution in [2.75, 3.05) is 0 Å². The number of aromatic hydroxyl groups is 1. The van der Waals surface area contributed by atoms with Crippen molar-refractivity contribution in [3.63, 3.8) is 0 Å². The van der Waals surface area contributed by atoms with Gasteiger partial charge in [-0.25, -0.2) is 0 Å². The van der Waals surface area contributed by atoms with Crippen molar-refractivity contribution in [3.05, 3.63) is 27.8 Å². The summed E-state index contributed by atoms with van der Waals surface area (Å²) in [5.74, 6) is 0.677. The maximum absolute atomic E-state index is 10.4. The molecule has 0 aliphatic heterocycles. The molecule has 0 aromatic heterocycles. The fourth-order valence-corrected chi connectivity index (χ4v) is 3.86. The quantitative estimate of drug-likeness (QED) is 0.668. The minimum absolute atomic E-state index is 0.677. The van der Waals surface area contributed by atoms with Crippen molar-refractivity contribution in [1.29, 1.82) is 0 Å². The van der Waals surface area contributed by atoms with Crippen LogP contribution in [0.3, 0.4) is 0 Å². The first-order valence-electron chi connectivity index (χ1n) is 8.70. The molecule has 0 heterocycles. The Morgan fingerprint density at radius 3 is 1.85 bits per heavy atom. The Kier molecular flexibility index (Phi) is 4.33. The average molecular weight is 272 g/mol. The Hall–Kier alpha value is -0.980. The van der Waals surface area contributed by atoms with Crippen molar-refractivity contribution < 1.29 is 5.11 Å². The number of phenols is 1. The first-order chi connectivity index (χ1) is 9.83. The van der Waals surface area contributed by atoms with Crippen LogP contribution in [0.25, 0.3) is 0 Å². The highest BCUT2D eigenvalue weighted by Crippen LogP contribution is 2.45. The van der Waals surface area contributed by atoms with Crippen LogP contribution in [0.15, 0.2) is 0 Å². The zero-order chi connectivity index (χ0) is 13.9. The van der Waals surface area contributed by atoms with E-state index in [0.717, 1.165) is 12.8 Å². The summed E-state index contributed by atoms with van der Waals surface area (Å²) in [4.78, 5) is 0. The molecule has 0 spiro atoms. The molecule has 0 saturated heterocycles. The largest absolute Gasteiger partial charge is 0.507 e. The highest BCUT2D eigenvalue weighted by atomic mass is 16.3. The lowest BCUT2D eigenvalue weighted by Crippen LogP contribution is -2.23. The standard InChI is InChI=1S/C19H28O/c1-2-3-4-5-6-7-8-9-17-15-11-10-14(15)16-12-13-18(16)19(17)20/h20H,2-13H2,1H3. The molecule has 2 aliphatic rings. The maximum Gasteiger partial charge on any atom is 0.122 e. The third-order valence-electron chi connectivity index (χ3n) is 5.31. The summed E-state index contributed by atoms with van der Waals surface area (Å²) in [6.07, 6.45) is 15.4. The van der Waals surface area contributed by atoms with Gasteiger partial charge in [-0.05, 0) is 66.3 Å². The molecule has 1 nitrogen and oxygen atoms in total. The summed E-state index contributed by atoms with van der Waals surface area (Å²) in [7, 11) is 0. The first kappa shape index (κ1) is 14.0. The molecule has 0 amide bonds. The van der Waals surface area contributed by atoms with E-state index in [4.69, 9.17) is 0 Å². The zero-order valence-corrected chi connectivity index (χ0v) is 12.9. The number of rotatable bonds is 8. The van der Waals surface area contributed by atoms with Gasteiger partial charge in [0.15, 0.2) is 0 Å². The second kappa shape index (κ2) is 6.20. The van der Waals surface area contributed by atoms with Crippen molar-refractivity contribution in [2.24, 2.45) is 0 Å². The smallest absolute Gasteiger partial charge is 0.122 e. The lowest BCUT2D eigenvalue weighted by Gasteiger charge is -2.34. The Labute approximate surface area is 123 Å². The first-order valence-corrected chi connectivity index (χ1v) is 8.70. The van der Waals surface area contributed by atoms with E-state index in [-0.39, 0.29) is 0 Å². The molecule has 1 heteroatoms. The molecule has 1 N–H and O–H groups in total. The summed E-state index contributed by atoms with van der Waals surface area (Å²) in [6, 6.07) is 0. The predicted molar refractivity (Wildman–Crippen MR) is 84.6 cm³/mol. The van der Waals surface area contributed by atoms with Crippen LogP contribution in [0.1, 0.15) is 79.7 Å². The molecule has 1 aromatic rings. The Morgan fingerprint density at radius 2 is 1.25 bits per heavy atom. The fraction of sp³-hybridized carbons (Fsp3) is 0.684. The summed E-state index contributed by atoms with van der Waals surface area (Å²) >= 11 is 0. The molecule has 0 fully saturated rings. The topological polar surface area (TPSA) is 20.2 Å². The van der Waals surface area contributed by atoms with Gasteiger partial charge in [0.05, 0.1) is 0 Å². The Bertz CT molecular complexity index is 464. The van der Waals surface area contributed by atoms with Gasteiger partial charge in [0.2, 0.25) is 0 Å². The summed E-state index contributed by atoms with van der Waals surface area (Å²) in [5.41, 5.74) is 7.25. The minimum atomic E-state index is 0.677. The van der Waals surface area contributed by atoms with Gasteiger partial charge in [0.25, 0.3) is 0 Å². The third-order valence-corrected chi connectivity index (χ3v) is 5.31. The van der Waals surface area contributed by atoms with Gasteiger partial charge in [-0.2, -0.15) is 0 Å².